The van der Waals surface area contributed by atoms with E-state index in [1.165, 1.54) is 0 Å². The van der Waals surface area contributed by atoms with Gasteiger partial charge in [-0.1, -0.05) is 48.5 Å². The second-order valence-corrected chi connectivity index (χ2v) is 9.16. The predicted molar refractivity (Wildman–Crippen MR) is 123 cm³/mol. The number of likely N-dealkylation sites (tertiary alicyclic amines) is 1. The molecule has 1 heterocycles. The summed E-state index contributed by atoms with van der Waals surface area (Å²) >= 11 is 0. The van der Waals surface area contributed by atoms with Gasteiger partial charge in [-0.15, -0.1) is 0 Å². The summed E-state index contributed by atoms with van der Waals surface area (Å²) in [7, 11) is 3.29. The first-order valence-electron chi connectivity index (χ1n) is 11.2. The minimum atomic E-state index is -3.31. The van der Waals surface area contributed by atoms with E-state index in [1.54, 1.807) is 19.0 Å². The molecule has 2 amide bonds. The molecule has 2 aromatic carbocycles. The molecule has 0 radical (unpaired) electrons. The standard InChI is InChI=1S/C25H27F2N3O5/c1-29(2)12-20(22(31)30-14-25(26,27)11-21(30)23(32)33)28-24(34)35-13-19-17-9-5-3-7-15(17)16-8-4-6-10-18(16)19/h3-10,19-21H,11-14H2,1-2H3,(H,28,34)(H,32,33)/t20?,21-/m0/s1. The molecule has 1 aliphatic carbocycles. The van der Waals surface area contributed by atoms with Crippen LogP contribution in [0.3, 0.4) is 0 Å². The lowest BCUT2D eigenvalue weighted by Crippen LogP contribution is -2.55. The fraction of sp³-hybridized carbons (Fsp3) is 0.400. The molecule has 0 saturated carbocycles. The quantitative estimate of drug-likeness (QED) is 0.623. The highest BCUT2D eigenvalue weighted by Crippen LogP contribution is 2.44. The van der Waals surface area contributed by atoms with E-state index in [1.807, 2.05) is 48.5 Å². The van der Waals surface area contributed by atoms with E-state index < -0.39 is 48.9 Å². The van der Waals surface area contributed by atoms with E-state index >= 15 is 0 Å². The zero-order valence-electron chi connectivity index (χ0n) is 19.4. The predicted octanol–water partition coefficient (Wildman–Crippen LogP) is 2.78. The summed E-state index contributed by atoms with van der Waals surface area (Å²) in [5.74, 6) is -5.91. The largest absolute Gasteiger partial charge is 0.480 e. The minimum absolute atomic E-state index is 0.0161. The average Bonchev–Trinajstić information content (AvgIpc) is 3.31. The van der Waals surface area contributed by atoms with Crippen molar-refractivity contribution in [3.8, 4) is 11.1 Å². The summed E-state index contributed by atoms with van der Waals surface area (Å²) in [6, 6.07) is 12.7. The van der Waals surface area contributed by atoms with Crippen LogP contribution in [0.25, 0.3) is 11.1 Å². The van der Waals surface area contributed by atoms with Crippen molar-refractivity contribution in [1.29, 1.82) is 0 Å². The molecule has 2 aliphatic rings. The fourth-order valence-corrected chi connectivity index (χ4v) is 4.80. The fourth-order valence-electron chi connectivity index (χ4n) is 4.80. The molecule has 1 saturated heterocycles. The van der Waals surface area contributed by atoms with Gasteiger partial charge in [-0.05, 0) is 36.3 Å². The molecule has 2 N–H and O–H groups in total. The number of alkyl halides is 2. The SMILES string of the molecule is CN(C)CC(NC(=O)OCC1c2ccccc2-c2ccccc21)C(=O)N1CC(F)(F)C[C@H]1C(=O)O. The molecule has 0 bridgehead atoms. The number of ether oxygens (including phenoxy) is 1. The molecule has 186 valence electrons. The van der Waals surface area contributed by atoms with E-state index in [-0.39, 0.29) is 19.1 Å². The third-order valence-electron chi connectivity index (χ3n) is 6.32. The third kappa shape index (κ3) is 5.12. The van der Waals surface area contributed by atoms with Crippen LogP contribution in [0.15, 0.2) is 48.5 Å². The van der Waals surface area contributed by atoms with Crippen molar-refractivity contribution in [3.63, 3.8) is 0 Å². The number of fused-ring (bicyclic) bond motifs is 3. The Morgan fingerprint density at radius 2 is 1.69 bits per heavy atom. The molecule has 10 heteroatoms. The van der Waals surface area contributed by atoms with Crippen LogP contribution in [0.1, 0.15) is 23.5 Å². The van der Waals surface area contributed by atoms with Crippen molar-refractivity contribution in [3.05, 3.63) is 59.7 Å². The van der Waals surface area contributed by atoms with Crippen molar-refractivity contribution in [2.75, 3.05) is 33.8 Å². The van der Waals surface area contributed by atoms with Crippen molar-refractivity contribution < 1.29 is 33.0 Å². The second-order valence-electron chi connectivity index (χ2n) is 9.16. The molecule has 1 aliphatic heterocycles. The monoisotopic (exact) mass is 487 g/mol. The van der Waals surface area contributed by atoms with Gasteiger partial charge in [-0.2, -0.15) is 0 Å². The number of benzene rings is 2. The van der Waals surface area contributed by atoms with E-state index in [0.717, 1.165) is 22.3 Å². The first-order chi connectivity index (χ1) is 16.6. The number of nitrogens with zero attached hydrogens (tertiary/aromatic N) is 2. The van der Waals surface area contributed by atoms with Crippen molar-refractivity contribution in [2.45, 2.75) is 30.3 Å². The Morgan fingerprint density at radius 3 is 2.23 bits per heavy atom. The molecule has 4 rings (SSSR count). The van der Waals surface area contributed by atoms with Gasteiger partial charge in [0, 0.05) is 18.9 Å². The molecule has 35 heavy (non-hydrogen) atoms. The maximum atomic E-state index is 13.9. The lowest BCUT2D eigenvalue weighted by Gasteiger charge is -2.28. The number of halogens is 2. The van der Waals surface area contributed by atoms with Gasteiger partial charge in [-0.3, -0.25) is 4.79 Å². The maximum Gasteiger partial charge on any atom is 0.407 e. The number of likely N-dealkylation sites (N-methyl/N-ethyl adjacent to an activating group) is 1. The Hall–Kier alpha value is -3.53. The number of amides is 2. The van der Waals surface area contributed by atoms with Crippen LogP contribution < -0.4 is 5.32 Å². The van der Waals surface area contributed by atoms with E-state index in [0.29, 0.717) is 4.90 Å². The molecule has 1 unspecified atom stereocenters. The van der Waals surface area contributed by atoms with E-state index in [4.69, 9.17) is 4.74 Å². The Bertz CT molecular complexity index is 1090. The molecule has 2 atom stereocenters. The molecule has 2 aromatic rings. The molecule has 0 aromatic heterocycles. The molecule has 8 nitrogen and oxygen atoms in total. The smallest absolute Gasteiger partial charge is 0.407 e. The number of alkyl carbamates (subject to hydrolysis) is 1. The second kappa shape index (κ2) is 9.61. The van der Waals surface area contributed by atoms with E-state index in [2.05, 4.69) is 5.32 Å². The van der Waals surface area contributed by atoms with E-state index in [9.17, 15) is 28.3 Å². The number of hydrogen-bond acceptors (Lipinski definition) is 5. The molecular formula is C25H27F2N3O5. The Kier molecular flexibility index (Phi) is 6.75. The Morgan fingerprint density at radius 1 is 1.11 bits per heavy atom. The van der Waals surface area contributed by atoms with Crippen LogP contribution in [0.2, 0.25) is 0 Å². The number of carboxylic acids is 1. The third-order valence-corrected chi connectivity index (χ3v) is 6.32. The van der Waals surface area contributed by atoms with Crippen LogP contribution >= 0.6 is 0 Å². The normalized spacial score (nSPS) is 19.2. The average molecular weight is 488 g/mol. The van der Waals surface area contributed by atoms with Gasteiger partial charge in [-0.25, -0.2) is 18.4 Å². The summed E-state index contributed by atoms with van der Waals surface area (Å²) in [5, 5.41) is 11.8. The first kappa shape index (κ1) is 24.6. The van der Waals surface area contributed by atoms with Crippen molar-refractivity contribution in [1.82, 2.24) is 15.1 Å². The summed E-state index contributed by atoms with van der Waals surface area (Å²) < 4.78 is 33.3. The molecular weight excluding hydrogens is 460 g/mol. The van der Waals surface area contributed by atoms with Crippen LogP contribution in [0, 0.1) is 0 Å². The van der Waals surface area contributed by atoms with Gasteiger partial charge in [0.1, 0.15) is 18.7 Å². The summed E-state index contributed by atoms with van der Waals surface area (Å²) in [6.07, 6.45) is -1.85. The highest BCUT2D eigenvalue weighted by Gasteiger charge is 2.51. The summed E-state index contributed by atoms with van der Waals surface area (Å²) in [4.78, 5) is 39.4. The zero-order valence-corrected chi connectivity index (χ0v) is 19.4. The summed E-state index contributed by atoms with van der Waals surface area (Å²) in [5.41, 5.74) is 4.16. The molecule has 1 fully saturated rings. The Labute approximate surface area is 201 Å². The van der Waals surface area contributed by atoms with Crippen LogP contribution in [-0.4, -0.2) is 84.7 Å². The number of rotatable bonds is 7. The van der Waals surface area contributed by atoms with Crippen LogP contribution in [-0.2, 0) is 14.3 Å². The lowest BCUT2D eigenvalue weighted by atomic mass is 9.98. The first-order valence-corrected chi connectivity index (χ1v) is 11.2. The highest BCUT2D eigenvalue weighted by atomic mass is 19.3. The Balaban J connectivity index is 1.46. The number of carboxylic acid groups (broad SMARTS) is 1. The number of nitrogens with one attached hydrogen (secondary N) is 1. The van der Waals surface area contributed by atoms with Gasteiger partial charge in [0.2, 0.25) is 5.91 Å². The highest BCUT2D eigenvalue weighted by molar-refractivity contribution is 5.90. The zero-order chi connectivity index (χ0) is 25.3. The lowest BCUT2D eigenvalue weighted by molar-refractivity contribution is -0.149. The van der Waals surface area contributed by atoms with Gasteiger partial charge < -0.3 is 25.0 Å². The van der Waals surface area contributed by atoms with Crippen LogP contribution in [0.4, 0.5) is 13.6 Å². The number of carbonyl (C=O) groups excluding carboxylic acids is 2. The van der Waals surface area contributed by atoms with Crippen molar-refractivity contribution >= 4 is 18.0 Å². The molecule has 0 spiro atoms. The van der Waals surface area contributed by atoms with Gasteiger partial charge in [0.15, 0.2) is 0 Å². The van der Waals surface area contributed by atoms with Crippen LogP contribution in [0.5, 0.6) is 0 Å². The van der Waals surface area contributed by atoms with Crippen molar-refractivity contribution in [2.24, 2.45) is 0 Å². The topological polar surface area (TPSA) is 99.2 Å². The van der Waals surface area contributed by atoms with Gasteiger partial charge in [0.05, 0.1) is 6.54 Å². The number of hydrogen-bond donors (Lipinski definition) is 2. The van der Waals surface area contributed by atoms with Gasteiger partial charge >= 0.3 is 12.1 Å². The number of carbonyl (C=O) groups is 3. The van der Waals surface area contributed by atoms with Gasteiger partial charge in [0.25, 0.3) is 5.92 Å². The number of aliphatic carboxylic acids is 1. The minimum Gasteiger partial charge on any atom is -0.480 e. The maximum absolute atomic E-state index is 13.9. The summed E-state index contributed by atoms with van der Waals surface area (Å²) in [6.45, 7) is -1.02.